The van der Waals surface area contributed by atoms with E-state index < -0.39 is 0 Å². The average molecular weight is 363 g/mol. The van der Waals surface area contributed by atoms with E-state index in [9.17, 15) is 0 Å². The third kappa shape index (κ3) is 3.18. The van der Waals surface area contributed by atoms with Crippen LogP contribution in [0.5, 0.6) is 11.5 Å². The number of aromatic nitrogens is 2. The summed E-state index contributed by atoms with van der Waals surface area (Å²) in [5.41, 5.74) is 4.51. The van der Waals surface area contributed by atoms with E-state index in [1.807, 2.05) is 48.5 Å². The lowest BCUT2D eigenvalue weighted by Crippen LogP contribution is -1.97. The predicted octanol–water partition coefficient (Wildman–Crippen LogP) is 6.48. The lowest BCUT2D eigenvalue weighted by molar-refractivity contribution is 0.483. The molecule has 4 aromatic rings. The van der Waals surface area contributed by atoms with Gasteiger partial charge in [0.1, 0.15) is 17.3 Å². The van der Waals surface area contributed by atoms with Crippen LogP contribution in [0.15, 0.2) is 66.7 Å². The Balaban J connectivity index is 1.66. The SMILES string of the molecule is CCn1c(-c2ccc(Oc3ccc(Cl)cc3)cc2)nc2ccc(C)cc21. The molecule has 0 saturated heterocycles. The van der Waals surface area contributed by atoms with Crippen LogP contribution < -0.4 is 4.74 Å². The molecule has 26 heavy (non-hydrogen) atoms. The second-order valence-corrected chi connectivity index (χ2v) is 6.69. The minimum Gasteiger partial charge on any atom is -0.457 e. The highest BCUT2D eigenvalue weighted by Gasteiger charge is 2.12. The molecule has 4 rings (SSSR count). The van der Waals surface area contributed by atoms with Gasteiger partial charge in [0.15, 0.2) is 0 Å². The van der Waals surface area contributed by atoms with Gasteiger partial charge in [0.05, 0.1) is 11.0 Å². The Labute approximate surface area is 157 Å². The lowest BCUT2D eigenvalue weighted by Gasteiger charge is -2.09. The summed E-state index contributed by atoms with van der Waals surface area (Å²) in [6, 6.07) is 21.7. The first kappa shape index (κ1) is 16.7. The van der Waals surface area contributed by atoms with Gasteiger partial charge in [0.25, 0.3) is 0 Å². The molecule has 0 radical (unpaired) electrons. The standard InChI is InChI=1S/C22H19ClN2O/c1-3-25-21-14-15(2)4-13-20(21)24-22(25)16-5-9-18(10-6-16)26-19-11-7-17(23)8-12-19/h4-14H,3H2,1-2H3. The van der Waals surface area contributed by atoms with E-state index in [4.69, 9.17) is 21.3 Å². The molecule has 0 atom stereocenters. The number of nitrogens with zero attached hydrogens (tertiary/aromatic N) is 2. The molecule has 4 heteroatoms. The van der Waals surface area contributed by atoms with Crippen LogP contribution >= 0.6 is 11.6 Å². The molecule has 0 bridgehead atoms. The van der Waals surface area contributed by atoms with Crippen LogP contribution in [-0.4, -0.2) is 9.55 Å². The van der Waals surface area contributed by atoms with Crippen LogP contribution in [0.3, 0.4) is 0 Å². The summed E-state index contributed by atoms with van der Waals surface area (Å²) in [6.07, 6.45) is 0. The summed E-state index contributed by atoms with van der Waals surface area (Å²) in [5.74, 6) is 2.52. The molecule has 1 heterocycles. The summed E-state index contributed by atoms with van der Waals surface area (Å²) < 4.78 is 8.12. The van der Waals surface area contributed by atoms with Gasteiger partial charge >= 0.3 is 0 Å². The minimum atomic E-state index is 0.696. The topological polar surface area (TPSA) is 27.1 Å². The van der Waals surface area contributed by atoms with Gasteiger partial charge in [-0.2, -0.15) is 0 Å². The predicted molar refractivity (Wildman–Crippen MR) is 107 cm³/mol. The van der Waals surface area contributed by atoms with Gasteiger partial charge in [-0.1, -0.05) is 17.7 Å². The molecule has 0 N–H and O–H groups in total. The van der Waals surface area contributed by atoms with Crippen LogP contribution in [0, 0.1) is 6.92 Å². The van der Waals surface area contributed by atoms with Crippen molar-refractivity contribution < 1.29 is 4.74 Å². The van der Waals surface area contributed by atoms with Crippen LogP contribution in [0.4, 0.5) is 0 Å². The normalized spacial score (nSPS) is 11.0. The monoisotopic (exact) mass is 362 g/mol. The van der Waals surface area contributed by atoms with Gasteiger partial charge in [-0.15, -0.1) is 0 Å². The van der Waals surface area contributed by atoms with Crippen molar-refractivity contribution in [3.63, 3.8) is 0 Å². The van der Waals surface area contributed by atoms with E-state index in [2.05, 4.69) is 36.6 Å². The Morgan fingerprint density at radius 3 is 2.23 bits per heavy atom. The van der Waals surface area contributed by atoms with E-state index in [0.717, 1.165) is 34.9 Å². The summed E-state index contributed by atoms with van der Waals surface area (Å²) in [7, 11) is 0. The maximum atomic E-state index is 5.91. The number of hydrogen-bond donors (Lipinski definition) is 0. The molecule has 1 aromatic heterocycles. The fourth-order valence-corrected chi connectivity index (χ4v) is 3.21. The minimum absolute atomic E-state index is 0.696. The van der Waals surface area contributed by atoms with Gasteiger partial charge in [-0.25, -0.2) is 4.98 Å². The number of hydrogen-bond acceptors (Lipinski definition) is 2. The molecule has 0 spiro atoms. The van der Waals surface area contributed by atoms with Gasteiger partial charge < -0.3 is 9.30 Å². The number of fused-ring (bicyclic) bond motifs is 1. The first-order valence-corrected chi connectivity index (χ1v) is 9.02. The number of benzene rings is 3. The Morgan fingerprint density at radius 2 is 1.58 bits per heavy atom. The molecule has 130 valence electrons. The molecular formula is C22H19ClN2O. The largest absolute Gasteiger partial charge is 0.457 e. The molecule has 0 aliphatic rings. The number of rotatable bonds is 4. The van der Waals surface area contributed by atoms with Crippen LogP contribution in [0.25, 0.3) is 22.4 Å². The summed E-state index contributed by atoms with van der Waals surface area (Å²) in [6.45, 7) is 5.12. The fraction of sp³-hybridized carbons (Fsp3) is 0.136. The van der Waals surface area contributed by atoms with Crippen molar-refractivity contribution in [3.05, 3.63) is 77.3 Å². The highest BCUT2D eigenvalue weighted by Crippen LogP contribution is 2.29. The second-order valence-electron chi connectivity index (χ2n) is 6.25. The van der Waals surface area contributed by atoms with Crippen LogP contribution in [-0.2, 0) is 6.54 Å². The number of halogens is 1. The van der Waals surface area contributed by atoms with Crippen molar-refractivity contribution in [1.82, 2.24) is 9.55 Å². The smallest absolute Gasteiger partial charge is 0.141 e. The molecule has 0 unspecified atom stereocenters. The molecule has 0 fully saturated rings. The van der Waals surface area contributed by atoms with Crippen LogP contribution in [0.1, 0.15) is 12.5 Å². The first-order valence-electron chi connectivity index (χ1n) is 8.65. The van der Waals surface area contributed by atoms with Gasteiger partial charge in [0, 0.05) is 17.1 Å². The quantitative estimate of drug-likeness (QED) is 0.415. The van der Waals surface area contributed by atoms with Crippen LogP contribution in [0.2, 0.25) is 5.02 Å². The molecule has 3 nitrogen and oxygen atoms in total. The lowest BCUT2D eigenvalue weighted by atomic mass is 10.2. The number of aryl methyl sites for hydroxylation is 2. The molecule has 3 aromatic carbocycles. The van der Waals surface area contributed by atoms with Gasteiger partial charge in [-0.3, -0.25) is 0 Å². The van der Waals surface area contributed by atoms with E-state index >= 15 is 0 Å². The molecular weight excluding hydrogens is 344 g/mol. The van der Waals surface area contributed by atoms with E-state index in [-0.39, 0.29) is 0 Å². The highest BCUT2D eigenvalue weighted by molar-refractivity contribution is 6.30. The van der Waals surface area contributed by atoms with Gasteiger partial charge in [0.2, 0.25) is 0 Å². The molecule has 0 aliphatic heterocycles. The van der Waals surface area contributed by atoms with Crippen molar-refractivity contribution in [3.8, 4) is 22.9 Å². The number of imidazole rings is 1. The zero-order valence-electron chi connectivity index (χ0n) is 14.7. The van der Waals surface area contributed by atoms with E-state index in [1.54, 1.807) is 0 Å². The Hall–Kier alpha value is -2.78. The third-order valence-corrected chi connectivity index (χ3v) is 4.63. The summed E-state index contributed by atoms with van der Waals surface area (Å²) in [5, 5.41) is 0.696. The molecule has 0 amide bonds. The zero-order valence-corrected chi connectivity index (χ0v) is 15.5. The van der Waals surface area contributed by atoms with Crippen molar-refractivity contribution in [1.29, 1.82) is 0 Å². The first-order chi connectivity index (χ1) is 12.6. The van der Waals surface area contributed by atoms with Crippen molar-refractivity contribution in [2.75, 3.05) is 0 Å². The Morgan fingerprint density at radius 1 is 0.923 bits per heavy atom. The zero-order chi connectivity index (χ0) is 18.1. The van der Waals surface area contributed by atoms with Crippen molar-refractivity contribution in [2.45, 2.75) is 20.4 Å². The molecule has 0 saturated carbocycles. The molecule has 0 aliphatic carbocycles. The summed E-state index contributed by atoms with van der Waals surface area (Å²) in [4.78, 5) is 4.83. The third-order valence-electron chi connectivity index (χ3n) is 4.38. The highest BCUT2D eigenvalue weighted by atomic mass is 35.5. The van der Waals surface area contributed by atoms with Crippen molar-refractivity contribution >= 4 is 22.6 Å². The average Bonchev–Trinajstić information content (AvgIpc) is 3.02. The summed E-state index contributed by atoms with van der Waals surface area (Å²) >= 11 is 5.91. The Bertz CT molecular complexity index is 1050. The fourth-order valence-electron chi connectivity index (χ4n) is 3.08. The number of ether oxygens (including phenoxy) is 1. The van der Waals surface area contributed by atoms with E-state index in [0.29, 0.717) is 5.02 Å². The second kappa shape index (κ2) is 6.85. The van der Waals surface area contributed by atoms with Gasteiger partial charge in [-0.05, 0) is 80.1 Å². The van der Waals surface area contributed by atoms with Crippen molar-refractivity contribution in [2.24, 2.45) is 0 Å². The maximum absolute atomic E-state index is 5.91. The van der Waals surface area contributed by atoms with E-state index in [1.165, 1.54) is 11.1 Å². The maximum Gasteiger partial charge on any atom is 0.141 e. The Kier molecular flexibility index (Phi) is 4.39.